The first kappa shape index (κ1) is 12.2. The normalized spacial score (nSPS) is 17.2. The lowest BCUT2D eigenvalue weighted by atomic mass is 10.1. The molecule has 0 bridgehead atoms. The zero-order valence-electron chi connectivity index (χ0n) is 8.43. The molecule has 0 saturated heterocycles. The molecule has 6 heteroatoms. The molecule has 1 aromatic heterocycles. The first-order valence-electron chi connectivity index (χ1n) is 4.90. The van der Waals surface area contributed by atoms with Gasteiger partial charge in [0, 0.05) is 12.0 Å². The van der Waals surface area contributed by atoms with Gasteiger partial charge in [0.2, 0.25) is 0 Å². The van der Waals surface area contributed by atoms with Crippen molar-refractivity contribution in [3.63, 3.8) is 0 Å². The number of aliphatic hydroxyl groups is 1. The van der Waals surface area contributed by atoms with Crippen molar-refractivity contribution in [3.05, 3.63) is 20.3 Å². The molecule has 0 radical (unpaired) electrons. The summed E-state index contributed by atoms with van der Waals surface area (Å²) in [5.41, 5.74) is 0.312. The summed E-state index contributed by atoms with van der Waals surface area (Å²) in [5.74, 6) is -0.229. The SMILES string of the molecule is O=C(NCC1(CO)CC1)c1cc(Cl)sc1Cl. The van der Waals surface area contributed by atoms with E-state index in [2.05, 4.69) is 5.32 Å². The number of rotatable bonds is 4. The standard InChI is InChI=1S/C10H11Cl2NO2S/c11-7-3-6(8(12)16-7)9(15)13-4-10(5-14)1-2-10/h3,14H,1-2,4-5H2,(H,13,15). The van der Waals surface area contributed by atoms with Crippen LogP contribution in [0, 0.1) is 5.41 Å². The number of thiophene rings is 1. The third-order valence-corrected chi connectivity index (χ3v) is 4.31. The Hall–Kier alpha value is -0.290. The van der Waals surface area contributed by atoms with E-state index in [0.717, 1.165) is 12.8 Å². The fourth-order valence-corrected chi connectivity index (χ4v) is 2.88. The van der Waals surface area contributed by atoms with Gasteiger partial charge >= 0.3 is 0 Å². The lowest BCUT2D eigenvalue weighted by Gasteiger charge is -2.12. The van der Waals surface area contributed by atoms with Crippen molar-refractivity contribution in [3.8, 4) is 0 Å². The van der Waals surface area contributed by atoms with Crippen molar-refractivity contribution in [1.29, 1.82) is 0 Å². The van der Waals surface area contributed by atoms with Crippen LogP contribution in [0.15, 0.2) is 6.07 Å². The van der Waals surface area contributed by atoms with Gasteiger partial charge in [0.1, 0.15) is 4.34 Å². The van der Waals surface area contributed by atoms with Gasteiger partial charge in [0.15, 0.2) is 0 Å². The molecule has 1 aliphatic rings. The highest BCUT2D eigenvalue weighted by Crippen LogP contribution is 2.44. The maximum absolute atomic E-state index is 11.7. The van der Waals surface area contributed by atoms with Gasteiger partial charge in [-0.2, -0.15) is 0 Å². The van der Waals surface area contributed by atoms with E-state index in [1.54, 1.807) is 6.07 Å². The molecule has 3 nitrogen and oxygen atoms in total. The van der Waals surface area contributed by atoms with Crippen LogP contribution in [0.4, 0.5) is 0 Å². The zero-order chi connectivity index (χ0) is 11.8. The predicted molar refractivity (Wildman–Crippen MR) is 65.4 cm³/mol. The Labute approximate surface area is 107 Å². The van der Waals surface area contributed by atoms with Crippen LogP contribution in [0.3, 0.4) is 0 Å². The summed E-state index contributed by atoms with van der Waals surface area (Å²) in [6.07, 6.45) is 1.92. The molecular weight excluding hydrogens is 269 g/mol. The Morgan fingerprint density at radius 1 is 1.56 bits per heavy atom. The van der Waals surface area contributed by atoms with E-state index in [1.165, 1.54) is 11.3 Å². The quantitative estimate of drug-likeness (QED) is 0.890. The van der Waals surface area contributed by atoms with Gasteiger partial charge in [-0.15, -0.1) is 11.3 Å². The number of hydrogen-bond acceptors (Lipinski definition) is 3. The van der Waals surface area contributed by atoms with Crippen molar-refractivity contribution >= 4 is 40.4 Å². The molecule has 0 atom stereocenters. The Morgan fingerprint density at radius 2 is 2.25 bits per heavy atom. The average Bonchev–Trinajstić information content (AvgIpc) is 2.96. The van der Waals surface area contributed by atoms with Crippen molar-refractivity contribution in [2.75, 3.05) is 13.2 Å². The number of carbonyl (C=O) groups is 1. The van der Waals surface area contributed by atoms with Crippen LogP contribution in [0.5, 0.6) is 0 Å². The molecule has 1 aliphatic carbocycles. The summed E-state index contributed by atoms with van der Waals surface area (Å²) in [4.78, 5) is 11.7. The number of amides is 1. The summed E-state index contributed by atoms with van der Waals surface area (Å²) in [7, 11) is 0. The van der Waals surface area contributed by atoms with Gasteiger partial charge in [-0.1, -0.05) is 23.2 Å². The highest BCUT2D eigenvalue weighted by Gasteiger charge is 2.42. The van der Waals surface area contributed by atoms with E-state index in [1.807, 2.05) is 0 Å². The van der Waals surface area contributed by atoms with Gasteiger partial charge in [-0.05, 0) is 18.9 Å². The molecule has 0 unspecified atom stereocenters. The fourth-order valence-electron chi connectivity index (χ4n) is 1.43. The van der Waals surface area contributed by atoms with Gasteiger partial charge in [0.25, 0.3) is 5.91 Å². The maximum atomic E-state index is 11.7. The minimum absolute atomic E-state index is 0.0953. The summed E-state index contributed by atoms with van der Waals surface area (Å²) in [5, 5.41) is 11.9. The van der Waals surface area contributed by atoms with Gasteiger partial charge in [-0.25, -0.2) is 0 Å². The van der Waals surface area contributed by atoms with Crippen molar-refractivity contribution in [1.82, 2.24) is 5.32 Å². The molecule has 0 aliphatic heterocycles. The third kappa shape index (κ3) is 2.51. The van der Waals surface area contributed by atoms with Gasteiger partial charge < -0.3 is 10.4 Å². The van der Waals surface area contributed by atoms with E-state index in [-0.39, 0.29) is 17.9 Å². The second-order valence-corrected chi connectivity index (χ2v) is 6.36. The molecule has 0 spiro atoms. The summed E-state index contributed by atoms with van der Waals surface area (Å²) < 4.78 is 0.898. The van der Waals surface area contributed by atoms with Crippen LogP contribution in [-0.2, 0) is 0 Å². The third-order valence-electron chi connectivity index (χ3n) is 2.82. The van der Waals surface area contributed by atoms with Gasteiger partial charge in [-0.3, -0.25) is 4.79 Å². The van der Waals surface area contributed by atoms with E-state index in [9.17, 15) is 4.79 Å². The largest absolute Gasteiger partial charge is 0.396 e. The van der Waals surface area contributed by atoms with Crippen LogP contribution < -0.4 is 5.32 Å². The minimum Gasteiger partial charge on any atom is -0.396 e. The van der Waals surface area contributed by atoms with Crippen LogP contribution in [0.2, 0.25) is 8.67 Å². The fraction of sp³-hybridized carbons (Fsp3) is 0.500. The summed E-state index contributed by atoms with van der Waals surface area (Å²) >= 11 is 12.8. The van der Waals surface area contributed by atoms with Crippen LogP contribution in [0.25, 0.3) is 0 Å². The van der Waals surface area contributed by atoms with Crippen LogP contribution in [-0.4, -0.2) is 24.2 Å². The molecule has 1 aromatic rings. The van der Waals surface area contributed by atoms with Crippen molar-refractivity contribution in [2.24, 2.45) is 5.41 Å². The first-order chi connectivity index (χ1) is 7.56. The summed E-state index contributed by atoms with van der Waals surface area (Å²) in [6, 6.07) is 1.56. The lowest BCUT2D eigenvalue weighted by Crippen LogP contribution is -2.31. The van der Waals surface area contributed by atoms with Gasteiger partial charge in [0.05, 0.1) is 16.5 Å². The number of halogens is 2. The molecular formula is C10H11Cl2NO2S. The number of nitrogens with one attached hydrogen (secondary N) is 1. The molecule has 2 N–H and O–H groups in total. The smallest absolute Gasteiger partial charge is 0.253 e. The highest BCUT2D eigenvalue weighted by atomic mass is 35.5. The second kappa shape index (κ2) is 4.53. The first-order valence-corrected chi connectivity index (χ1v) is 6.47. The topological polar surface area (TPSA) is 49.3 Å². The average molecular weight is 280 g/mol. The lowest BCUT2D eigenvalue weighted by molar-refractivity contribution is 0.0936. The Morgan fingerprint density at radius 3 is 2.69 bits per heavy atom. The molecule has 1 saturated carbocycles. The van der Waals surface area contributed by atoms with Crippen LogP contribution in [0.1, 0.15) is 23.2 Å². The second-order valence-electron chi connectivity index (χ2n) is 4.08. The number of hydrogen-bond donors (Lipinski definition) is 2. The number of aliphatic hydroxyl groups excluding tert-OH is 1. The predicted octanol–water partition coefficient (Wildman–Crippen LogP) is 2.56. The molecule has 1 amide bonds. The number of carbonyl (C=O) groups excluding carboxylic acids is 1. The monoisotopic (exact) mass is 279 g/mol. The summed E-state index contributed by atoms with van der Waals surface area (Å²) in [6.45, 7) is 0.609. The molecule has 1 fully saturated rings. The molecule has 2 rings (SSSR count). The Kier molecular flexibility index (Phi) is 3.45. The van der Waals surface area contributed by atoms with Crippen LogP contribution >= 0.6 is 34.5 Å². The Bertz CT molecular complexity index is 415. The molecule has 0 aromatic carbocycles. The van der Waals surface area contributed by atoms with E-state index < -0.39 is 0 Å². The van der Waals surface area contributed by atoms with E-state index in [0.29, 0.717) is 20.8 Å². The van der Waals surface area contributed by atoms with E-state index in [4.69, 9.17) is 28.3 Å². The Balaban J connectivity index is 1.96. The molecule has 1 heterocycles. The molecule has 88 valence electrons. The highest BCUT2D eigenvalue weighted by molar-refractivity contribution is 7.20. The zero-order valence-corrected chi connectivity index (χ0v) is 10.8. The maximum Gasteiger partial charge on any atom is 0.253 e. The minimum atomic E-state index is -0.229. The molecule has 16 heavy (non-hydrogen) atoms. The van der Waals surface area contributed by atoms with Crippen molar-refractivity contribution < 1.29 is 9.90 Å². The van der Waals surface area contributed by atoms with E-state index >= 15 is 0 Å². The van der Waals surface area contributed by atoms with Crippen molar-refractivity contribution in [2.45, 2.75) is 12.8 Å².